The maximum Gasteiger partial charge on any atom is 0.296 e. The minimum atomic E-state index is -4.21. The number of hydrogen-bond donors (Lipinski definition) is 2. The number of para-hydroxylation sites is 1. The van der Waals surface area contributed by atoms with Crippen LogP contribution in [-0.2, 0) is 14.9 Å². The normalized spacial score (nSPS) is 26.2. The molecule has 0 aliphatic heterocycles. The second-order valence-corrected chi connectivity index (χ2v) is 8.39. The maximum absolute atomic E-state index is 11.5. The highest BCUT2D eigenvalue weighted by atomic mass is 32.2. The Bertz CT molecular complexity index is 640. The lowest BCUT2D eigenvalue weighted by atomic mass is 9.91. The van der Waals surface area contributed by atoms with E-state index in [0.29, 0.717) is 11.8 Å². The summed E-state index contributed by atoms with van der Waals surface area (Å²) < 4.78 is 38.7. The van der Waals surface area contributed by atoms with Crippen LogP contribution in [0.1, 0.15) is 57.8 Å². The molecular weight excluding hydrogens is 326 g/mol. The van der Waals surface area contributed by atoms with Gasteiger partial charge in [0.1, 0.15) is 4.90 Å². The zero-order chi connectivity index (χ0) is 17.0. The van der Waals surface area contributed by atoms with Gasteiger partial charge in [0, 0.05) is 6.04 Å². The van der Waals surface area contributed by atoms with Crippen molar-refractivity contribution in [1.29, 1.82) is 0 Å². The van der Waals surface area contributed by atoms with Gasteiger partial charge in [0.25, 0.3) is 10.1 Å². The van der Waals surface area contributed by atoms with Crippen LogP contribution in [-0.4, -0.2) is 31.2 Å². The Balaban J connectivity index is 1.61. The Hall–Kier alpha value is -1.11. The van der Waals surface area contributed by atoms with Crippen LogP contribution in [0.5, 0.6) is 0 Å². The molecule has 0 saturated heterocycles. The number of nitrogens with one attached hydrogen (secondary N) is 1. The van der Waals surface area contributed by atoms with Gasteiger partial charge in [-0.3, -0.25) is 4.55 Å². The number of benzene rings is 1. The van der Waals surface area contributed by atoms with Gasteiger partial charge in [-0.05, 0) is 50.7 Å². The average molecular weight is 353 g/mol. The van der Waals surface area contributed by atoms with Gasteiger partial charge < -0.3 is 10.1 Å². The number of rotatable bonds is 5. The van der Waals surface area contributed by atoms with Crippen molar-refractivity contribution in [3.63, 3.8) is 0 Å². The van der Waals surface area contributed by atoms with Crippen molar-refractivity contribution in [2.24, 2.45) is 0 Å². The molecule has 2 atom stereocenters. The van der Waals surface area contributed by atoms with Gasteiger partial charge in [-0.15, -0.1) is 0 Å². The summed E-state index contributed by atoms with van der Waals surface area (Å²) in [6, 6.07) is 6.70. The van der Waals surface area contributed by atoms with Crippen molar-refractivity contribution >= 4 is 15.8 Å². The first-order chi connectivity index (χ1) is 11.5. The standard InChI is InChI=1S/C18H27NO4S/c20-24(21,22)18-12-5-4-11-17(18)19-14-7-6-10-16(13-14)23-15-8-2-1-3-9-15/h4-5,11-12,14-16,19H,1-3,6-10,13H2,(H,20,21,22). The van der Waals surface area contributed by atoms with Crippen molar-refractivity contribution in [2.45, 2.75) is 80.9 Å². The van der Waals surface area contributed by atoms with Gasteiger partial charge in [-0.2, -0.15) is 8.42 Å². The number of anilines is 1. The van der Waals surface area contributed by atoms with Crippen molar-refractivity contribution < 1.29 is 17.7 Å². The van der Waals surface area contributed by atoms with E-state index in [4.69, 9.17) is 4.74 Å². The summed E-state index contributed by atoms with van der Waals surface area (Å²) in [4.78, 5) is -0.0553. The molecular formula is C18H27NO4S. The molecule has 2 fully saturated rings. The fraction of sp³-hybridized carbons (Fsp3) is 0.667. The molecule has 2 N–H and O–H groups in total. The highest BCUT2D eigenvalue weighted by Crippen LogP contribution is 2.30. The molecule has 0 bridgehead atoms. The molecule has 5 nitrogen and oxygen atoms in total. The van der Waals surface area contributed by atoms with E-state index in [1.807, 2.05) is 0 Å². The molecule has 3 rings (SSSR count). The third-order valence-electron chi connectivity index (χ3n) is 5.09. The van der Waals surface area contributed by atoms with Crippen LogP contribution in [0.25, 0.3) is 0 Å². The molecule has 134 valence electrons. The molecule has 1 aromatic carbocycles. The number of hydrogen-bond acceptors (Lipinski definition) is 4. The van der Waals surface area contributed by atoms with Crippen LogP contribution < -0.4 is 5.32 Å². The van der Waals surface area contributed by atoms with Crippen LogP contribution in [0.4, 0.5) is 5.69 Å². The van der Waals surface area contributed by atoms with Crippen LogP contribution in [0, 0.1) is 0 Å². The van der Waals surface area contributed by atoms with Gasteiger partial charge in [-0.25, -0.2) is 0 Å². The van der Waals surface area contributed by atoms with Gasteiger partial charge in [-0.1, -0.05) is 31.4 Å². The molecule has 0 aromatic heterocycles. The Morgan fingerprint density at radius 1 is 0.958 bits per heavy atom. The second-order valence-electron chi connectivity index (χ2n) is 7.00. The fourth-order valence-corrected chi connectivity index (χ4v) is 4.56. The van der Waals surface area contributed by atoms with Crippen molar-refractivity contribution in [3.05, 3.63) is 24.3 Å². The van der Waals surface area contributed by atoms with E-state index in [1.54, 1.807) is 18.2 Å². The second kappa shape index (κ2) is 7.85. The van der Waals surface area contributed by atoms with Gasteiger partial charge in [0.15, 0.2) is 0 Å². The quantitative estimate of drug-likeness (QED) is 0.782. The molecule has 1 aromatic rings. The zero-order valence-corrected chi connectivity index (χ0v) is 14.8. The van der Waals surface area contributed by atoms with E-state index in [9.17, 15) is 13.0 Å². The first kappa shape index (κ1) is 17.7. The third kappa shape index (κ3) is 4.71. The molecule has 24 heavy (non-hydrogen) atoms. The lowest BCUT2D eigenvalue weighted by Gasteiger charge is -2.34. The van der Waals surface area contributed by atoms with E-state index < -0.39 is 10.1 Å². The highest BCUT2D eigenvalue weighted by molar-refractivity contribution is 7.86. The van der Waals surface area contributed by atoms with E-state index >= 15 is 0 Å². The SMILES string of the molecule is O=S(=O)(O)c1ccccc1NC1CCCC(OC2CCCCC2)C1. The van der Waals surface area contributed by atoms with Crippen molar-refractivity contribution in [1.82, 2.24) is 0 Å². The fourth-order valence-electron chi connectivity index (χ4n) is 3.90. The Morgan fingerprint density at radius 3 is 2.42 bits per heavy atom. The maximum atomic E-state index is 11.5. The minimum absolute atomic E-state index is 0.0553. The smallest absolute Gasteiger partial charge is 0.296 e. The van der Waals surface area contributed by atoms with E-state index in [0.717, 1.165) is 25.7 Å². The average Bonchev–Trinajstić information content (AvgIpc) is 2.56. The lowest BCUT2D eigenvalue weighted by Crippen LogP contribution is -2.34. The zero-order valence-electron chi connectivity index (χ0n) is 14.0. The summed E-state index contributed by atoms with van der Waals surface area (Å²) in [5.74, 6) is 0. The van der Waals surface area contributed by atoms with E-state index in [2.05, 4.69) is 5.32 Å². The van der Waals surface area contributed by atoms with Gasteiger partial charge in [0.2, 0.25) is 0 Å². The van der Waals surface area contributed by atoms with Crippen LogP contribution in [0.3, 0.4) is 0 Å². The van der Waals surface area contributed by atoms with Crippen LogP contribution >= 0.6 is 0 Å². The summed E-state index contributed by atoms with van der Waals surface area (Å²) in [6.45, 7) is 0. The van der Waals surface area contributed by atoms with Crippen molar-refractivity contribution in [3.8, 4) is 0 Å². The molecule has 0 heterocycles. The summed E-state index contributed by atoms with van der Waals surface area (Å²) in [5, 5.41) is 3.30. The summed E-state index contributed by atoms with van der Waals surface area (Å²) in [7, 11) is -4.21. The Labute approximate surface area is 144 Å². The molecule has 2 saturated carbocycles. The topological polar surface area (TPSA) is 75.6 Å². The summed E-state index contributed by atoms with van der Waals surface area (Å²) >= 11 is 0. The van der Waals surface area contributed by atoms with Crippen molar-refractivity contribution in [2.75, 3.05) is 5.32 Å². The number of ether oxygens (including phenoxy) is 1. The Morgan fingerprint density at radius 2 is 1.67 bits per heavy atom. The minimum Gasteiger partial charge on any atom is -0.381 e. The molecule has 0 spiro atoms. The molecule has 0 amide bonds. The Kier molecular flexibility index (Phi) is 5.79. The predicted molar refractivity (Wildman–Crippen MR) is 93.9 cm³/mol. The van der Waals surface area contributed by atoms with Gasteiger partial charge >= 0.3 is 0 Å². The summed E-state index contributed by atoms with van der Waals surface area (Å²) in [6.07, 6.45) is 10.9. The molecule has 6 heteroatoms. The molecule has 2 aliphatic carbocycles. The monoisotopic (exact) mass is 353 g/mol. The largest absolute Gasteiger partial charge is 0.381 e. The van der Waals surface area contributed by atoms with E-state index in [1.165, 1.54) is 38.2 Å². The summed E-state index contributed by atoms with van der Waals surface area (Å²) in [5.41, 5.74) is 0.475. The molecule has 0 radical (unpaired) electrons. The molecule has 2 unspecified atom stereocenters. The predicted octanol–water partition coefficient (Wildman–Crippen LogP) is 4.01. The van der Waals surface area contributed by atoms with Crippen LogP contribution in [0.15, 0.2) is 29.2 Å². The lowest BCUT2D eigenvalue weighted by molar-refractivity contribution is -0.0467. The van der Waals surface area contributed by atoms with E-state index in [-0.39, 0.29) is 17.0 Å². The molecule has 2 aliphatic rings. The highest BCUT2D eigenvalue weighted by Gasteiger charge is 2.27. The van der Waals surface area contributed by atoms with Crippen LogP contribution in [0.2, 0.25) is 0 Å². The van der Waals surface area contributed by atoms with Gasteiger partial charge in [0.05, 0.1) is 17.9 Å². The third-order valence-corrected chi connectivity index (χ3v) is 6.00. The first-order valence-electron chi connectivity index (χ1n) is 9.01. The first-order valence-corrected chi connectivity index (χ1v) is 10.4.